The Hall–Kier alpha value is -1.61. The molecule has 0 aliphatic rings. The van der Waals surface area contributed by atoms with Crippen molar-refractivity contribution in [1.29, 1.82) is 0 Å². The minimum Gasteiger partial charge on any atom is -0.282 e. The maximum absolute atomic E-state index is 12.8. The van der Waals surface area contributed by atoms with E-state index in [0.29, 0.717) is 5.56 Å². The summed E-state index contributed by atoms with van der Waals surface area (Å²) in [6.07, 6.45) is 0. The standard InChI is InChI=1S/C15H13FOS/c1-11(12-7-9-14(16)10-8-12)18-15(17)13-5-3-2-4-6-13/h2-11H,1H3. The molecular formula is C15H13FOS. The lowest BCUT2D eigenvalue weighted by molar-refractivity contribution is 0.108. The minimum atomic E-state index is -0.259. The Kier molecular flexibility index (Phi) is 4.15. The van der Waals surface area contributed by atoms with Gasteiger partial charge in [-0.2, -0.15) is 0 Å². The lowest BCUT2D eigenvalue weighted by atomic mass is 10.2. The van der Waals surface area contributed by atoms with E-state index in [-0.39, 0.29) is 16.2 Å². The molecule has 0 aromatic heterocycles. The predicted octanol–water partition coefficient (Wildman–Crippen LogP) is 4.46. The molecule has 1 atom stereocenters. The van der Waals surface area contributed by atoms with E-state index in [1.807, 2.05) is 25.1 Å². The van der Waals surface area contributed by atoms with Crippen LogP contribution in [0, 0.1) is 5.82 Å². The summed E-state index contributed by atoms with van der Waals surface area (Å²) in [6, 6.07) is 15.4. The van der Waals surface area contributed by atoms with Crippen molar-refractivity contribution in [3.63, 3.8) is 0 Å². The van der Waals surface area contributed by atoms with E-state index < -0.39 is 0 Å². The highest BCUT2D eigenvalue weighted by atomic mass is 32.2. The fraction of sp³-hybridized carbons (Fsp3) is 0.133. The smallest absolute Gasteiger partial charge is 0.219 e. The van der Waals surface area contributed by atoms with Gasteiger partial charge in [0, 0.05) is 10.8 Å². The molecule has 3 heteroatoms. The summed E-state index contributed by atoms with van der Waals surface area (Å²) in [7, 11) is 0. The third-order valence-electron chi connectivity index (χ3n) is 2.63. The average Bonchev–Trinajstić information content (AvgIpc) is 2.40. The molecule has 2 aromatic rings. The zero-order chi connectivity index (χ0) is 13.0. The van der Waals surface area contributed by atoms with Crippen molar-refractivity contribution >= 4 is 16.9 Å². The Bertz CT molecular complexity index is 522. The first-order valence-electron chi connectivity index (χ1n) is 5.68. The van der Waals surface area contributed by atoms with Crippen molar-refractivity contribution in [1.82, 2.24) is 0 Å². The van der Waals surface area contributed by atoms with Crippen molar-refractivity contribution in [3.8, 4) is 0 Å². The molecule has 0 spiro atoms. The van der Waals surface area contributed by atoms with E-state index in [1.54, 1.807) is 24.3 Å². The van der Waals surface area contributed by atoms with Crippen LogP contribution in [0.4, 0.5) is 4.39 Å². The van der Waals surface area contributed by atoms with Gasteiger partial charge in [0.25, 0.3) is 0 Å². The van der Waals surface area contributed by atoms with Gasteiger partial charge in [-0.15, -0.1) is 0 Å². The molecule has 92 valence electrons. The lowest BCUT2D eigenvalue weighted by Crippen LogP contribution is -1.97. The van der Waals surface area contributed by atoms with Crippen LogP contribution in [0.2, 0.25) is 0 Å². The van der Waals surface area contributed by atoms with Crippen LogP contribution < -0.4 is 0 Å². The highest BCUT2D eigenvalue weighted by Gasteiger charge is 2.13. The number of hydrogen-bond donors (Lipinski definition) is 0. The zero-order valence-corrected chi connectivity index (χ0v) is 10.8. The first kappa shape index (κ1) is 12.8. The van der Waals surface area contributed by atoms with Crippen LogP contribution in [-0.2, 0) is 0 Å². The first-order valence-corrected chi connectivity index (χ1v) is 6.56. The number of carbonyl (C=O) groups excluding carboxylic acids is 1. The van der Waals surface area contributed by atoms with E-state index in [2.05, 4.69) is 0 Å². The maximum atomic E-state index is 12.8. The summed E-state index contributed by atoms with van der Waals surface area (Å²) in [5, 5.41) is 0.0470. The number of rotatable bonds is 3. The SMILES string of the molecule is CC(SC(=O)c1ccccc1)c1ccc(F)cc1. The van der Waals surface area contributed by atoms with Gasteiger partial charge in [-0.05, 0) is 24.6 Å². The Morgan fingerprint density at radius 2 is 1.67 bits per heavy atom. The molecule has 2 aromatic carbocycles. The summed E-state index contributed by atoms with van der Waals surface area (Å²) in [5.74, 6) is -0.259. The van der Waals surface area contributed by atoms with Gasteiger partial charge >= 0.3 is 0 Å². The maximum Gasteiger partial charge on any atom is 0.219 e. The third-order valence-corrected chi connectivity index (χ3v) is 3.71. The summed E-state index contributed by atoms with van der Waals surface area (Å²) in [4.78, 5) is 12.0. The van der Waals surface area contributed by atoms with Crippen LogP contribution in [0.1, 0.15) is 28.1 Å². The second kappa shape index (κ2) is 5.83. The average molecular weight is 260 g/mol. The van der Waals surface area contributed by atoms with E-state index in [1.165, 1.54) is 23.9 Å². The predicted molar refractivity (Wildman–Crippen MR) is 73.2 cm³/mol. The molecular weight excluding hydrogens is 247 g/mol. The first-order chi connectivity index (χ1) is 8.66. The van der Waals surface area contributed by atoms with Crippen LogP contribution in [0.5, 0.6) is 0 Å². The molecule has 1 nitrogen and oxygen atoms in total. The second-order valence-electron chi connectivity index (χ2n) is 3.97. The van der Waals surface area contributed by atoms with Crippen LogP contribution >= 0.6 is 11.8 Å². The molecule has 0 aliphatic heterocycles. The number of thioether (sulfide) groups is 1. The molecule has 0 fully saturated rings. The Morgan fingerprint density at radius 3 is 2.28 bits per heavy atom. The van der Waals surface area contributed by atoms with Gasteiger partial charge in [-0.3, -0.25) is 4.79 Å². The second-order valence-corrected chi connectivity index (χ2v) is 5.28. The van der Waals surface area contributed by atoms with Crippen LogP contribution in [-0.4, -0.2) is 5.12 Å². The quantitative estimate of drug-likeness (QED) is 0.810. The normalized spacial score (nSPS) is 12.1. The topological polar surface area (TPSA) is 17.1 Å². The van der Waals surface area contributed by atoms with Gasteiger partial charge in [0.05, 0.1) is 0 Å². The molecule has 2 rings (SSSR count). The third kappa shape index (κ3) is 3.20. The molecule has 0 heterocycles. The van der Waals surface area contributed by atoms with Crippen LogP contribution in [0.3, 0.4) is 0 Å². The molecule has 1 unspecified atom stereocenters. The van der Waals surface area contributed by atoms with Crippen molar-refractivity contribution < 1.29 is 9.18 Å². The number of halogens is 1. The number of hydrogen-bond acceptors (Lipinski definition) is 2. The highest BCUT2D eigenvalue weighted by Crippen LogP contribution is 2.30. The summed E-state index contributed by atoms with van der Waals surface area (Å²) < 4.78 is 12.8. The zero-order valence-electron chi connectivity index (χ0n) is 9.97. The van der Waals surface area contributed by atoms with Gasteiger partial charge in [-0.1, -0.05) is 54.2 Å². The largest absolute Gasteiger partial charge is 0.282 e. The van der Waals surface area contributed by atoms with Crippen LogP contribution in [0.25, 0.3) is 0 Å². The molecule has 0 aliphatic carbocycles. The summed E-state index contributed by atoms with van der Waals surface area (Å²) in [5.41, 5.74) is 1.64. The molecule has 0 bridgehead atoms. The van der Waals surface area contributed by atoms with E-state index in [4.69, 9.17) is 0 Å². The van der Waals surface area contributed by atoms with Gasteiger partial charge in [0.2, 0.25) is 5.12 Å². The Balaban J connectivity index is 2.06. The van der Waals surface area contributed by atoms with E-state index in [0.717, 1.165) is 5.56 Å². The monoisotopic (exact) mass is 260 g/mol. The fourth-order valence-corrected chi connectivity index (χ4v) is 2.49. The minimum absolute atomic E-state index is 0.0123. The Morgan fingerprint density at radius 1 is 1.06 bits per heavy atom. The fourth-order valence-electron chi connectivity index (χ4n) is 1.60. The highest BCUT2D eigenvalue weighted by molar-refractivity contribution is 8.14. The molecule has 0 N–H and O–H groups in total. The molecule has 0 amide bonds. The van der Waals surface area contributed by atoms with Gasteiger partial charge in [-0.25, -0.2) is 4.39 Å². The Labute approximate surface area is 110 Å². The van der Waals surface area contributed by atoms with Crippen molar-refractivity contribution in [2.45, 2.75) is 12.2 Å². The lowest BCUT2D eigenvalue weighted by Gasteiger charge is -2.10. The summed E-state index contributed by atoms with van der Waals surface area (Å²) in [6.45, 7) is 1.94. The van der Waals surface area contributed by atoms with Gasteiger partial charge in [0.1, 0.15) is 5.82 Å². The molecule has 18 heavy (non-hydrogen) atoms. The molecule has 0 saturated carbocycles. The van der Waals surface area contributed by atoms with Crippen molar-refractivity contribution in [2.75, 3.05) is 0 Å². The van der Waals surface area contributed by atoms with Gasteiger partial charge in [0.15, 0.2) is 0 Å². The number of carbonyl (C=O) groups is 1. The van der Waals surface area contributed by atoms with E-state index >= 15 is 0 Å². The summed E-state index contributed by atoms with van der Waals surface area (Å²) >= 11 is 1.25. The van der Waals surface area contributed by atoms with Gasteiger partial charge < -0.3 is 0 Å². The van der Waals surface area contributed by atoms with E-state index in [9.17, 15) is 9.18 Å². The van der Waals surface area contributed by atoms with Crippen molar-refractivity contribution in [2.24, 2.45) is 0 Å². The number of benzene rings is 2. The molecule has 0 radical (unpaired) electrons. The molecule has 0 saturated heterocycles. The van der Waals surface area contributed by atoms with Crippen molar-refractivity contribution in [3.05, 3.63) is 71.5 Å². The van der Waals surface area contributed by atoms with Crippen LogP contribution in [0.15, 0.2) is 54.6 Å².